The number of aliphatic imine (C=N–C) groups is 1. The highest BCUT2D eigenvalue weighted by molar-refractivity contribution is 8.18. The summed E-state index contributed by atoms with van der Waals surface area (Å²) in [6.45, 7) is 0. The smallest absolute Gasteiger partial charge is 0.272 e. The fraction of sp³-hybridized carbons (Fsp3) is 0.0556. The van der Waals surface area contributed by atoms with Crippen LogP contribution in [-0.4, -0.2) is 17.0 Å². The van der Waals surface area contributed by atoms with Crippen molar-refractivity contribution in [2.24, 2.45) is 10.7 Å². The van der Waals surface area contributed by atoms with Gasteiger partial charge in [-0.2, -0.15) is 0 Å². The van der Waals surface area contributed by atoms with Crippen LogP contribution in [-0.2, 0) is 9.59 Å². The Morgan fingerprint density at radius 3 is 2.35 bits per heavy atom. The van der Waals surface area contributed by atoms with Gasteiger partial charge >= 0.3 is 0 Å². The second-order valence-electron chi connectivity index (χ2n) is 5.69. The normalized spacial score (nSPS) is 19.7. The fourth-order valence-corrected chi connectivity index (χ4v) is 3.88. The summed E-state index contributed by atoms with van der Waals surface area (Å²) < 4.78 is 13.2. The van der Waals surface area contributed by atoms with E-state index in [2.05, 4.69) is 4.99 Å². The van der Waals surface area contributed by atoms with E-state index in [-0.39, 0.29) is 15.6 Å². The third kappa shape index (κ3) is 2.69. The van der Waals surface area contributed by atoms with Crippen LogP contribution in [0, 0.1) is 5.82 Å². The molecule has 130 valence electrons. The molecule has 2 aliphatic heterocycles. The van der Waals surface area contributed by atoms with E-state index < -0.39 is 23.7 Å². The summed E-state index contributed by atoms with van der Waals surface area (Å²) in [6, 6.07) is 11.3. The number of hydrogen-bond acceptors (Lipinski definition) is 5. The van der Waals surface area contributed by atoms with E-state index in [1.165, 1.54) is 24.3 Å². The SMILES string of the molecule is NC1=NC(c2ccc(F)cc2)C2=C(S1)C(=O)N(c1ccc(Cl)cc1)C2=O. The molecule has 2 aromatic carbocycles. The largest absolute Gasteiger partial charge is 0.378 e. The number of halogens is 2. The maximum absolute atomic E-state index is 13.2. The summed E-state index contributed by atoms with van der Waals surface area (Å²) in [5.41, 5.74) is 7.11. The molecule has 0 bridgehead atoms. The first-order valence-electron chi connectivity index (χ1n) is 7.61. The minimum atomic E-state index is -0.749. The maximum atomic E-state index is 13.2. The minimum Gasteiger partial charge on any atom is -0.378 e. The number of carbonyl (C=O) groups excluding carboxylic acids is 2. The number of anilines is 1. The Labute approximate surface area is 157 Å². The Morgan fingerprint density at radius 1 is 1.04 bits per heavy atom. The first kappa shape index (κ1) is 16.8. The molecule has 0 radical (unpaired) electrons. The van der Waals surface area contributed by atoms with E-state index >= 15 is 0 Å². The van der Waals surface area contributed by atoms with Gasteiger partial charge in [0, 0.05) is 5.02 Å². The number of nitrogens with two attached hydrogens (primary N) is 1. The Balaban J connectivity index is 1.78. The van der Waals surface area contributed by atoms with E-state index in [9.17, 15) is 14.0 Å². The third-order valence-corrected chi connectivity index (χ3v) is 5.25. The Hall–Kier alpha value is -2.64. The van der Waals surface area contributed by atoms with Gasteiger partial charge in [0.15, 0.2) is 5.17 Å². The van der Waals surface area contributed by atoms with Crippen molar-refractivity contribution < 1.29 is 14.0 Å². The van der Waals surface area contributed by atoms with Crippen LogP contribution in [0.25, 0.3) is 0 Å². The van der Waals surface area contributed by atoms with Crippen molar-refractivity contribution in [2.75, 3.05) is 4.90 Å². The molecule has 0 aromatic heterocycles. The Kier molecular flexibility index (Phi) is 4.05. The average molecular weight is 388 g/mol. The van der Waals surface area contributed by atoms with Crippen LogP contribution in [0.1, 0.15) is 11.6 Å². The van der Waals surface area contributed by atoms with E-state index in [0.29, 0.717) is 16.3 Å². The van der Waals surface area contributed by atoms with Crippen LogP contribution in [0.4, 0.5) is 10.1 Å². The number of imide groups is 1. The number of carbonyl (C=O) groups is 2. The predicted molar refractivity (Wildman–Crippen MR) is 99.3 cm³/mol. The van der Waals surface area contributed by atoms with E-state index in [4.69, 9.17) is 17.3 Å². The lowest BCUT2D eigenvalue weighted by Gasteiger charge is -2.19. The standard InChI is InChI=1S/C18H11ClFN3O2S/c19-10-3-7-12(8-4-10)23-16(24)13-14(9-1-5-11(20)6-2-9)22-18(21)26-15(13)17(23)25/h1-8,14H,(H2,21,22). The molecule has 5 nitrogen and oxygen atoms in total. The molecule has 26 heavy (non-hydrogen) atoms. The molecule has 2 heterocycles. The molecule has 0 saturated carbocycles. The van der Waals surface area contributed by atoms with Crippen molar-refractivity contribution in [3.63, 3.8) is 0 Å². The summed E-state index contributed by atoms with van der Waals surface area (Å²) in [6.07, 6.45) is 0. The average Bonchev–Trinajstić information content (AvgIpc) is 2.87. The molecule has 0 fully saturated rings. The molecule has 8 heteroatoms. The Morgan fingerprint density at radius 2 is 1.69 bits per heavy atom. The van der Waals surface area contributed by atoms with Crippen molar-refractivity contribution in [3.8, 4) is 0 Å². The predicted octanol–water partition coefficient (Wildman–Crippen LogP) is 3.41. The van der Waals surface area contributed by atoms with Crippen LogP contribution < -0.4 is 10.6 Å². The highest BCUT2D eigenvalue weighted by Gasteiger charge is 2.45. The maximum Gasteiger partial charge on any atom is 0.272 e. The molecule has 2 N–H and O–H groups in total. The molecule has 1 atom stereocenters. The van der Waals surface area contributed by atoms with Crippen LogP contribution in [0.3, 0.4) is 0 Å². The third-order valence-electron chi connectivity index (χ3n) is 4.08. The van der Waals surface area contributed by atoms with Gasteiger partial charge in [0.25, 0.3) is 11.8 Å². The second-order valence-corrected chi connectivity index (χ2v) is 7.16. The fourth-order valence-electron chi connectivity index (χ4n) is 2.90. The molecule has 0 aliphatic carbocycles. The summed E-state index contributed by atoms with van der Waals surface area (Å²) in [5.74, 6) is -1.32. The number of amidine groups is 1. The van der Waals surface area contributed by atoms with Gasteiger partial charge in [-0.05, 0) is 53.7 Å². The number of thioether (sulfide) groups is 1. The van der Waals surface area contributed by atoms with Crippen LogP contribution in [0.15, 0.2) is 64.0 Å². The summed E-state index contributed by atoms with van der Waals surface area (Å²) in [5, 5.41) is 0.675. The second kappa shape index (κ2) is 6.26. The van der Waals surface area contributed by atoms with Crippen LogP contribution in [0.2, 0.25) is 5.02 Å². The Bertz CT molecular complexity index is 987. The van der Waals surface area contributed by atoms with Crippen molar-refractivity contribution in [3.05, 3.63) is 75.4 Å². The van der Waals surface area contributed by atoms with Gasteiger partial charge in [0.05, 0.1) is 16.2 Å². The number of benzene rings is 2. The van der Waals surface area contributed by atoms with E-state index in [0.717, 1.165) is 16.7 Å². The molecule has 0 saturated heterocycles. The number of hydrogen-bond donors (Lipinski definition) is 1. The topological polar surface area (TPSA) is 75.8 Å². The van der Waals surface area contributed by atoms with Crippen molar-refractivity contribution in [1.29, 1.82) is 0 Å². The van der Waals surface area contributed by atoms with Gasteiger partial charge < -0.3 is 5.73 Å². The quantitative estimate of drug-likeness (QED) is 0.801. The summed E-state index contributed by atoms with van der Waals surface area (Å²) in [7, 11) is 0. The lowest BCUT2D eigenvalue weighted by Crippen LogP contribution is -2.31. The highest BCUT2D eigenvalue weighted by atomic mass is 35.5. The summed E-state index contributed by atoms with van der Waals surface area (Å²) >= 11 is 6.85. The number of amides is 2. The summed E-state index contributed by atoms with van der Waals surface area (Å²) in [4.78, 5) is 31.5. The van der Waals surface area contributed by atoms with E-state index in [1.54, 1.807) is 24.3 Å². The minimum absolute atomic E-state index is 0.178. The lowest BCUT2D eigenvalue weighted by atomic mass is 9.99. The molecular weight excluding hydrogens is 377 g/mol. The van der Waals surface area contributed by atoms with Crippen molar-refractivity contribution in [2.45, 2.75) is 6.04 Å². The first-order valence-corrected chi connectivity index (χ1v) is 8.80. The van der Waals surface area contributed by atoms with Gasteiger partial charge in [-0.3, -0.25) is 9.59 Å². The van der Waals surface area contributed by atoms with Crippen LogP contribution in [0.5, 0.6) is 0 Å². The molecule has 1 unspecified atom stereocenters. The molecule has 2 amide bonds. The highest BCUT2D eigenvalue weighted by Crippen LogP contribution is 2.44. The molecule has 0 spiro atoms. The van der Waals surface area contributed by atoms with Gasteiger partial charge in [-0.1, -0.05) is 23.7 Å². The zero-order chi connectivity index (χ0) is 18.4. The molecular formula is C18H11ClFN3O2S. The number of rotatable bonds is 2. The molecule has 4 rings (SSSR count). The van der Waals surface area contributed by atoms with Crippen molar-refractivity contribution in [1.82, 2.24) is 0 Å². The van der Waals surface area contributed by atoms with Gasteiger partial charge in [-0.15, -0.1) is 0 Å². The van der Waals surface area contributed by atoms with Crippen molar-refractivity contribution >= 4 is 46.0 Å². The zero-order valence-corrected chi connectivity index (χ0v) is 14.7. The number of nitrogens with zero attached hydrogens (tertiary/aromatic N) is 2. The monoisotopic (exact) mass is 387 g/mol. The first-order chi connectivity index (χ1) is 12.5. The van der Waals surface area contributed by atoms with Gasteiger partial charge in [-0.25, -0.2) is 14.3 Å². The zero-order valence-electron chi connectivity index (χ0n) is 13.1. The van der Waals surface area contributed by atoms with E-state index in [1.807, 2.05) is 0 Å². The van der Waals surface area contributed by atoms with Gasteiger partial charge in [0.1, 0.15) is 11.9 Å². The molecule has 2 aromatic rings. The van der Waals surface area contributed by atoms with Crippen LogP contribution >= 0.6 is 23.4 Å². The van der Waals surface area contributed by atoms with Gasteiger partial charge in [0.2, 0.25) is 0 Å². The lowest BCUT2D eigenvalue weighted by molar-refractivity contribution is -0.120. The molecule has 2 aliphatic rings.